The van der Waals surface area contributed by atoms with Crippen molar-refractivity contribution in [3.63, 3.8) is 0 Å². The quantitative estimate of drug-likeness (QED) is 0.743. The van der Waals surface area contributed by atoms with E-state index in [1.807, 2.05) is 22.8 Å². The van der Waals surface area contributed by atoms with E-state index in [9.17, 15) is 4.79 Å². The Balaban J connectivity index is 2.43. The number of aryl methyl sites for hydroxylation is 2. The first-order valence-corrected chi connectivity index (χ1v) is 5.82. The number of pyridine rings is 1. The Labute approximate surface area is 98.9 Å². The molecule has 0 radical (unpaired) electrons. The van der Waals surface area contributed by atoms with Gasteiger partial charge in [-0.2, -0.15) is 5.26 Å². The smallest absolute Gasteiger partial charge is 0.255 e. The molecule has 0 spiro atoms. The van der Waals surface area contributed by atoms with Crippen molar-refractivity contribution in [3.05, 3.63) is 45.7 Å². The first-order valence-electron chi connectivity index (χ1n) is 5.82. The van der Waals surface area contributed by atoms with Crippen LogP contribution in [0.25, 0.3) is 10.9 Å². The van der Waals surface area contributed by atoms with Gasteiger partial charge >= 0.3 is 0 Å². The summed E-state index contributed by atoms with van der Waals surface area (Å²) in [6, 6.07) is 10.0. The molecule has 1 aliphatic heterocycles. The van der Waals surface area contributed by atoms with Gasteiger partial charge in [0.05, 0.1) is 18.0 Å². The second-order valence-electron chi connectivity index (χ2n) is 4.42. The molecule has 84 valence electrons. The fourth-order valence-electron chi connectivity index (χ4n) is 2.64. The first kappa shape index (κ1) is 10.1. The monoisotopic (exact) mass is 224 g/mol. The molecule has 1 aliphatic rings. The summed E-state index contributed by atoms with van der Waals surface area (Å²) in [4.78, 5) is 12.2. The zero-order valence-corrected chi connectivity index (χ0v) is 9.44. The zero-order valence-electron chi connectivity index (χ0n) is 9.44. The van der Waals surface area contributed by atoms with Crippen molar-refractivity contribution in [3.8, 4) is 6.07 Å². The molecule has 0 unspecified atom stereocenters. The summed E-state index contributed by atoms with van der Waals surface area (Å²) in [5, 5.41) is 9.83. The minimum atomic E-state index is 0.00574. The van der Waals surface area contributed by atoms with Crippen molar-refractivity contribution in [2.45, 2.75) is 25.8 Å². The van der Waals surface area contributed by atoms with Gasteiger partial charge in [-0.3, -0.25) is 4.79 Å². The van der Waals surface area contributed by atoms with Gasteiger partial charge in [-0.1, -0.05) is 18.2 Å². The van der Waals surface area contributed by atoms with Crippen molar-refractivity contribution in [1.29, 1.82) is 5.26 Å². The standard InChI is InChI=1S/C14H12N2O/c15-7-6-12-9-11-4-1-3-10-5-2-8-16(13(10)11)14(12)17/h1,3-4,9H,2,5-6,8H2. The lowest BCUT2D eigenvalue weighted by Gasteiger charge is -2.19. The molecule has 3 heteroatoms. The Kier molecular flexibility index (Phi) is 2.22. The van der Waals surface area contributed by atoms with Gasteiger partial charge in [0.25, 0.3) is 5.56 Å². The molecular weight excluding hydrogens is 212 g/mol. The summed E-state index contributed by atoms with van der Waals surface area (Å²) in [6.07, 6.45) is 2.23. The molecule has 0 amide bonds. The van der Waals surface area contributed by atoms with E-state index in [0.717, 1.165) is 30.3 Å². The van der Waals surface area contributed by atoms with E-state index in [4.69, 9.17) is 5.26 Å². The van der Waals surface area contributed by atoms with Crippen LogP contribution in [0, 0.1) is 11.3 Å². The molecule has 17 heavy (non-hydrogen) atoms. The molecule has 1 aromatic carbocycles. The second kappa shape index (κ2) is 3.74. The number of nitriles is 1. The SMILES string of the molecule is N#CCc1cc2cccc3c2n(c1=O)CCC3. The number of para-hydroxylation sites is 1. The van der Waals surface area contributed by atoms with Gasteiger partial charge < -0.3 is 4.57 Å². The predicted octanol–water partition coefficient (Wildman–Crippen LogP) is 2.01. The van der Waals surface area contributed by atoms with Crippen molar-refractivity contribution < 1.29 is 0 Å². The van der Waals surface area contributed by atoms with Crippen LogP contribution in [-0.2, 0) is 19.4 Å². The molecule has 0 aliphatic carbocycles. The molecule has 0 fully saturated rings. The molecule has 0 saturated heterocycles. The summed E-state index contributed by atoms with van der Waals surface area (Å²) in [6.45, 7) is 0.769. The first-order chi connectivity index (χ1) is 8.31. The van der Waals surface area contributed by atoms with Gasteiger partial charge in [0.1, 0.15) is 0 Å². The summed E-state index contributed by atoms with van der Waals surface area (Å²) < 4.78 is 1.83. The highest BCUT2D eigenvalue weighted by atomic mass is 16.1. The highest BCUT2D eigenvalue weighted by Gasteiger charge is 2.15. The Bertz CT molecular complexity index is 692. The molecule has 2 heterocycles. The van der Waals surface area contributed by atoms with Crippen molar-refractivity contribution in [2.24, 2.45) is 0 Å². The highest BCUT2D eigenvalue weighted by molar-refractivity contribution is 5.83. The van der Waals surface area contributed by atoms with E-state index in [1.165, 1.54) is 5.56 Å². The Hall–Kier alpha value is -2.08. The van der Waals surface area contributed by atoms with Crippen molar-refractivity contribution in [1.82, 2.24) is 4.57 Å². The summed E-state index contributed by atoms with van der Waals surface area (Å²) >= 11 is 0. The summed E-state index contributed by atoms with van der Waals surface area (Å²) in [5.41, 5.74) is 2.92. The molecule has 0 bridgehead atoms. The maximum absolute atomic E-state index is 12.2. The van der Waals surface area contributed by atoms with Gasteiger partial charge in [-0.15, -0.1) is 0 Å². The van der Waals surface area contributed by atoms with Gasteiger partial charge in [0.15, 0.2) is 0 Å². The van der Waals surface area contributed by atoms with Crippen LogP contribution >= 0.6 is 0 Å². The van der Waals surface area contributed by atoms with E-state index in [1.54, 1.807) is 0 Å². The molecule has 3 rings (SSSR count). The lowest BCUT2D eigenvalue weighted by atomic mass is 9.99. The lowest BCUT2D eigenvalue weighted by molar-refractivity contribution is 0.612. The van der Waals surface area contributed by atoms with Crippen LogP contribution in [0.15, 0.2) is 29.1 Å². The zero-order chi connectivity index (χ0) is 11.8. The van der Waals surface area contributed by atoms with Crippen LogP contribution in [0.2, 0.25) is 0 Å². The molecular formula is C14H12N2O. The average molecular weight is 224 g/mol. The van der Waals surface area contributed by atoms with Crippen molar-refractivity contribution >= 4 is 10.9 Å². The second-order valence-corrected chi connectivity index (χ2v) is 4.42. The van der Waals surface area contributed by atoms with Crippen LogP contribution in [-0.4, -0.2) is 4.57 Å². The number of rotatable bonds is 1. The van der Waals surface area contributed by atoms with Crippen LogP contribution in [0.5, 0.6) is 0 Å². The third-order valence-corrected chi connectivity index (χ3v) is 3.37. The van der Waals surface area contributed by atoms with Gasteiger partial charge in [-0.25, -0.2) is 0 Å². The van der Waals surface area contributed by atoms with E-state index < -0.39 is 0 Å². The van der Waals surface area contributed by atoms with Gasteiger partial charge in [0, 0.05) is 12.1 Å². The summed E-state index contributed by atoms with van der Waals surface area (Å²) in [5.74, 6) is 0. The molecule has 0 atom stereocenters. The maximum atomic E-state index is 12.2. The molecule has 0 saturated carbocycles. The minimum absolute atomic E-state index is 0.00574. The van der Waals surface area contributed by atoms with Gasteiger partial charge in [-0.05, 0) is 29.9 Å². The molecule has 2 aromatic rings. The number of hydrogen-bond acceptors (Lipinski definition) is 2. The highest BCUT2D eigenvalue weighted by Crippen LogP contribution is 2.23. The Morgan fingerprint density at radius 1 is 1.41 bits per heavy atom. The normalized spacial score (nSPS) is 13.6. The fourth-order valence-corrected chi connectivity index (χ4v) is 2.64. The van der Waals surface area contributed by atoms with Crippen LogP contribution in [0.3, 0.4) is 0 Å². The van der Waals surface area contributed by atoms with Crippen LogP contribution in [0.4, 0.5) is 0 Å². The number of benzene rings is 1. The Morgan fingerprint density at radius 2 is 2.29 bits per heavy atom. The van der Waals surface area contributed by atoms with Crippen molar-refractivity contribution in [2.75, 3.05) is 0 Å². The Morgan fingerprint density at radius 3 is 3.12 bits per heavy atom. The third-order valence-electron chi connectivity index (χ3n) is 3.37. The fraction of sp³-hybridized carbons (Fsp3) is 0.286. The molecule has 1 aromatic heterocycles. The number of hydrogen-bond donors (Lipinski definition) is 0. The van der Waals surface area contributed by atoms with Gasteiger partial charge in [0.2, 0.25) is 0 Å². The van der Waals surface area contributed by atoms with Crippen LogP contribution in [0.1, 0.15) is 17.5 Å². The number of aromatic nitrogens is 1. The van der Waals surface area contributed by atoms with Crippen LogP contribution < -0.4 is 5.56 Å². The average Bonchev–Trinajstić information content (AvgIpc) is 2.36. The van der Waals surface area contributed by atoms with E-state index in [0.29, 0.717) is 5.56 Å². The third kappa shape index (κ3) is 1.45. The molecule has 0 N–H and O–H groups in total. The minimum Gasteiger partial charge on any atom is -0.308 e. The topological polar surface area (TPSA) is 45.8 Å². The van der Waals surface area contributed by atoms with E-state index in [-0.39, 0.29) is 12.0 Å². The van der Waals surface area contributed by atoms with E-state index in [2.05, 4.69) is 12.1 Å². The molecule has 3 nitrogen and oxygen atoms in total. The summed E-state index contributed by atoms with van der Waals surface area (Å²) in [7, 11) is 0. The maximum Gasteiger partial charge on any atom is 0.255 e. The lowest BCUT2D eigenvalue weighted by Crippen LogP contribution is -2.27. The van der Waals surface area contributed by atoms with E-state index >= 15 is 0 Å². The largest absolute Gasteiger partial charge is 0.308 e. The number of nitrogens with zero attached hydrogens (tertiary/aromatic N) is 2. The predicted molar refractivity (Wildman–Crippen MR) is 65.8 cm³/mol.